The van der Waals surface area contributed by atoms with Crippen LogP contribution in [0, 0.1) is 11.8 Å². The van der Waals surface area contributed by atoms with Gasteiger partial charge in [0.2, 0.25) is 23.6 Å². The Bertz CT molecular complexity index is 4200. The van der Waals surface area contributed by atoms with Gasteiger partial charge in [0.15, 0.2) is 22.8 Å². The fraction of sp³-hybridized carbons (Fsp3) is 0.300. The van der Waals surface area contributed by atoms with Crippen LogP contribution < -0.4 is 10.6 Å². The normalized spacial score (nSPS) is 19.6. The van der Waals surface area contributed by atoms with Crippen LogP contribution in [0.1, 0.15) is 74.2 Å². The fourth-order valence-electron chi connectivity index (χ4n) is 11.1. The van der Waals surface area contributed by atoms with Crippen molar-refractivity contribution >= 4 is 57.2 Å². The number of alkyl halides is 2. The van der Waals surface area contributed by atoms with E-state index in [-0.39, 0.29) is 71.7 Å². The van der Waals surface area contributed by atoms with E-state index >= 15 is 0 Å². The van der Waals surface area contributed by atoms with Gasteiger partial charge in [-0.2, -0.15) is 9.59 Å². The number of anilines is 2. The number of benzene rings is 4. The summed E-state index contributed by atoms with van der Waals surface area (Å²) in [6.45, 7) is 4.08. The molecule has 86 heavy (non-hydrogen) atoms. The van der Waals surface area contributed by atoms with Gasteiger partial charge >= 0.3 is 0 Å². The average molecular weight is 1160 g/mol. The molecule has 2 N–H and O–H groups in total. The van der Waals surface area contributed by atoms with Gasteiger partial charge in [-0.05, 0) is 101 Å². The minimum Gasteiger partial charge on any atom is -0.436 e. The van der Waals surface area contributed by atoms with Gasteiger partial charge in [0.05, 0.1) is 37.5 Å². The average Bonchev–Trinajstić information content (AvgIpc) is 2.65. The number of aromatic nitrogens is 12. The standard InChI is InChI=1S/C60H54F2N18O6/c1-75-71-53(69-73-75)52(77-21-25-79(26-22-77)60(84)48-28-38(16-18-64-48)58-68-46-30-40(12-14-50(46)86-58)66-56(82)42-32-44(42)62)36-9-7-34(8-10-36)33-80-72-54(70-74-80)51(35-5-3-2-4-6-35)76-19-23-78(24-20-76)59(83)47-27-37(15-17-63-47)57-67-45-29-39(11-13-49(45)85-57)65-55(81)41-31-43(41)61/h2-18,27-30,41-44,51-52H,19-26,31-33H2,1H3,(H,65,81)(H,66,82)/t41-,42?,43-,44?,51?,52?/m1/s1. The van der Waals surface area contributed by atoms with Crippen LogP contribution in [0.4, 0.5) is 20.2 Å². The quantitative estimate of drug-likeness (QED) is 0.107. The first-order valence-electron chi connectivity index (χ1n) is 28.3. The van der Waals surface area contributed by atoms with Crippen molar-refractivity contribution in [2.75, 3.05) is 63.0 Å². The Balaban J connectivity index is 0.609. The number of fused-ring (bicyclic) bond motifs is 2. The van der Waals surface area contributed by atoms with Crippen molar-refractivity contribution in [3.63, 3.8) is 0 Å². The maximum atomic E-state index is 14.0. The molecular weight excluding hydrogens is 1110 g/mol. The number of tetrazole rings is 2. The number of hydrogen-bond acceptors (Lipinski definition) is 18. The summed E-state index contributed by atoms with van der Waals surface area (Å²) in [7, 11) is 1.72. The molecule has 2 saturated heterocycles. The van der Waals surface area contributed by atoms with Crippen LogP contribution in [0.25, 0.3) is 45.1 Å². The van der Waals surface area contributed by atoms with Crippen molar-refractivity contribution in [3.05, 3.63) is 167 Å². The lowest BCUT2D eigenvalue weighted by Gasteiger charge is -2.38. The van der Waals surface area contributed by atoms with Gasteiger partial charge in [0.1, 0.15) is 34.8 Å². The lowest BCUT2D eigenvalue weighted by Crippen LogP contribution is -2.50. The summed E-state index contributed by atoms with van der Waals surface area (Å²) >= 11 is 0. The zero-order chi connectivity index (χ0) is 58.6. The van der Waals surface area contributed by atoms with Crippen LogP contribution in [0.15, 0.2) is 136 Å². The van der Waals surface area contributed by atoms with Gasteiger partial charge < -0.3 is 29.3 Å². The van der Waals surface area contributed by atoms with Crippen molar-refractivity contribution in [3.8, 4) is 22.9 Å². The Morgan fingerprint density at radius 3 is 1.52 bits per heavy atom. The Hall–Kier alpha value is -10.1. The zero-order valence-electron chi connectivity index (χ0n) is 46.2. The van der Waals surface area contributed by atoms with Gasteiger partial charge in [-0.1, -0.05) is 54.6 Å². The number of oxazole rings is 2. The van der Waals surface area contributed by atoms with E-state index in [1.807, 2.05) is 54.6 Å². The number of rotatable bonds is 16. The first-order chi connectivity index (χ1) is 41.9. The van der Waals surface area contributed by atoms with Crippen molar-refractivity contribution in [1.29, 1.82) is 0 Å². The van der Waals surface area contributed by atoms with E-state index in [0.717, 1.165) is 16.7 Å². The first kappa shape index (κ1) is 53.9. The molecule has 6 atom stereocenters. The second-order valence-corrected chi connectivity index (χ2v) is 21.9. The first-order valence-corrected chi connectivity index (χ1v) is 28.3. The molecule has 14 rings (SSSR count). The number of carbonyl (C=O) groups excluding carboxylic acids is 4. The molecule has 2 aliphatic carbocycles. The monoisotopic (exact) mass is 1160 g/mol. The van der Waals surface area contributed by atoms with Gasteiger partial charge in [-0.15, -0.1) is 20.4 Å². The number of amides is 4. The molecule has 0 radical (unpaired) electrons. The molecule has 6 aromatic heterocycles. The summed E-state index contributed by atoms with van der Waals surface area (Å²) < 4.78 is 39.0. The highest BCUT2D eigenvalue weighted by atomic mass is 19.1. The Morgan fingerprint density at radius 2 is 1.05 bits per heavy atom. The highest BCUT2D eigenvalue weighted by molar-refractivity contribution is 5.98. The molecule has 4 fully saturated rings. The summed E-state index contributed by atoms with van der Waals surface area (Å²) in [6.07, 6.45) is 1.35. The molecular formula is C60H54F2N18O6. The highest BCUT2D eigenvalue weighted by Gasteiger charge is 2.44. The van der Waals surface area contributed by atoms with Gasteiger partial charge in [0.25, 0.3) is 11.8 Å². The van der Waals surface area contributed by atoms with Crippen LogP contribution in [-0.2, 0) is 23.2 Å². The zero-order valence-corrected chi connectivity index (χ0v) is 46.2. The van der Waals surface area contributed by atoms with Crippen LogP contribution in [0.2, 0.25) is 0 Å². The second-order valence-electron chi connectivity index (χ2n) is 21.9. The largest absolute Gasteiger partial charge is 0.436 e. The number of nitrogens with one attached hydrogen (secondary N) is 2. The summed E-state index contributed by atoms with van der Waals surface area (Å²) in [5.41, 5.74) is 7.43. The van der Waals surface area contributed by atoms with E-state index in [9.17, 15) is 28.0 Å². The maximum absolute atomic E-state index is 14.0. The molecule has 434 valence electrons. The van der Waals surface area contributed by atoms with Crippen molar-refractivity contribution < 1.29 is 36.8 Å². The maximum Gasteiger partial charge on any atom is 0.272 e. The third-order valence-electron chi connectivity index (χ3n) is 16.0. The van der Waals surface area contributed by atoms with E-state index in [0.29, 0.717) is 115 Å². The van der Waals surface area contributed by atoms with Crippen LogP contribution in [0.3, 0.4) is 0 Å². The highest BCUT2D eigenvalue weighted by Crippen LogP contribution is 2.37. The van der Waals surface area contributed by atoms with E-state index in [2.05, 4.69) is 66.1 Å². The molecule has 2 aliphatic heterocycles. The molecule has 4 amide bonds. The Labute approximate surface area is 488 Å². The Morgan fingerprint density at radius 1 is 0.570 bits per heavy atom. The van der Waals surface area contributed by atoms with Gasteiger partial charge in [-0.3, -0.25) is 38.9 Å². The minimum atomic E-state index is -1.10. The van der Waals surface area contributed by atoms with E-state index in [4.69, 9.17) is 13.9 Å². The number of piperazine rings is 2. The number of aryl methyl sites for hydroxylation is 1. The number of carbonyl (C=O) groups is 4. The third kappa shape index (κ3) is 11.1. The predicted octanol–water partition coefficient (Wildman–Crippen LogP) is 6.34. The summed E-state index contributed by atoms with van der Waals surface area (Å²) in [4.78, 5) is 81.8. The molecule has 24 nitrogen and oxygen atoms in total. The van der Waals surface area contributed by atoms with E-state index < -0.39 is 24.2 Å². The molecule has 26 heteroatoms. The summed E-state index contributed by atoms with van der Waals surface area (Å²) in [6, 6.07) is 34.2. The van der Waals surface area contributed by atoms with Crippen molar-refractivity contribution in [2.24, 2.45) is 18.9 Å². The van der Waals surface area contributed by atoms with Crippen molar-refractivity contribution in [2.45, 2.75) is 43.8 Å². The van der Waals surface area contributed by atoms with Gasteiger partial charge in [-0.25, -0.2) is 18.7 Å². The predicted molar refractivity (Wildman–Crippen MR) is 305 cm³/mol. The summed E-state index contributed by atoms with van der Waals surface area (Å²) in [5.74, 6) is -0.816. The van der Waals surface area contributed by atoms with Crippen LogP contribution in [0.5, 0.6) is 0 Å². The summed E-state index contributed by atoms with van der Waals surface area (Å²) in [5, 5.41) is 32.7. The Kier molecular flexibility index (Phi) is 14.1. The second kappa shape index (κ2) is 22.5. The lowest BCUT2D eigenvalue weighted by atomic mass is 10.0. The molecule has 4 aliphatic rings. The molecule has 2 saturated carbocycles. The fourth-order valence-corrected chi connectivity index (χ4v) is 11.1. The third-order valence-corrected chi connectivity index (χ3v) is 16.0. The van der Waals surface area contributed by atoms with Crippen LogP contribution in [-0.4, -0.2) is 168 Å². The van der Waals surface area contributed by atoms with Crippen molar-refractivity contribution in [1.82, 2.24) is 80.0 Å². The molecule has 0 bridgehead atoms. The molecule has 4 aromatic carbocycles. The van der Waals surface area contributed by atoms with E-state index in [1.165, 1.54) is 4.80 Å². The number of nitrogens with zero attached hydrogens (tertiary/aromatic N) is 16. The van der Waals surface area contributed by atoms with E-state index in [1.54, 1.807) is 94.7 Å². The molecule has 8 heterocycles. The SMILES string of the molecule is Cn1nnc(C(c2ccc(Cn3nnc(C(c4ccccc4)N4CCN(C(=O)c5cc(-c6nc7cc(NC(=O)[C@@H]8C[C@H]8F)ccc7o6)ccn5)CC4)n3)cc2)N2CCN(C(=O)c3cc(-c4nc5cc(NC(=O)C6CC6F)ccc5o4)ccn3)CC2)n1. The van der Waals surface area contributed by atoms with Gasteiger partial charge in [0, 0.05) is 87.3 Å². The lowest BCUT2D eigenvalue weighted by molar-refractivity contribution is -0.118. The molecule has 10 aromatic rings. The number of halogens is 2. The number of hydrogen-bond donors (Lipinski definition) is 2. The topological polar surface area (TPSA) is 270 Å². The number of pyridine rings is 2. The molecule has 0 spiro atoms. The molecule has 4 unspecified atom stereocenters. The minimum absolute atomic E-state index is 0.229. The van der Waals surface area contributed by atoms with Crippen LogP contribution >= 0.6 is 0 Å². The smallest absolute Gasteiger partial charge is 0.272 e.